The molecule has 0 aliphatic carbocycles. The fourth-order valence-electron chi connectivity index (χ4n) is 0.739. The van der Waals surface area contributed by atoms with Crippen molar-refractivity contribution in [3.05, 3.63) is 24.3 Å². The largest absolute Gasteiger partial charge is 0.508 e. The normalized spacial score (nSPS) is 11.3. The van der Waals surface area contributed by atoms with Crippen LogP contribution < -0.4 is 0 Å². The molecule has 6 heteroatoms. The van der Waals surface area contributed by atoms with Crippen molar-refractivity contribution in [2.45, 2.75) is 10.2 Å². The summed E-state index contributed by atoms with van der Waals surface area (Å²) >= 11 is -0.125. The van der Waals surface area contributed by atoms with E-state index in [4.69, 9.17) is 10.2 Å². The number of hydrogen-bond donors (Lipinski definition) is 2. The third-order valence-corrected chi connectivity index (χ3v) is 2.23. The summed E-state index contributed by atoms with van der Waals surface area (Å²) in [5, 5.41) is 13.2. The lowest BCUT2D eigenvalue weighted by molar-refractivity contribution is -0.152. The Morgan fingerprint density at radius 3 is 2.57 bits per heavy atom. The molecular formula is C8H6F2O3S. The number of phenols is 1. The second-order valence-electron chi connectivity index (χ2n) is 2.42. The van der Waals surface area contributed by atoms with Crippen molar-refractivity contribution in [1.29, 1.82) is 0 Å². The number of phenolic OH excluding ortho intramolecular Hbond substituents is 1. The van der Waals surface area contributed by atoms with Crippen molar-refractivity contribution in [3.63, 3.8) is 0 Å². The molecular weight excluding hydrogens is 214 g/mol. The third-order valence-electron chi connectivity index (χ3n) is 1.31. The standard InChI is InChI=1S/C8H6F2O3S/c9-8(10,7(12)13)14-6-3-1-2-5(11)4-6/h1-4,11H,(H,12,13). The van der Waals surface area contributed by atoms with Crippen LogP contribution in [0.4, 0.5) is 8.78 Å². The molecule has 0 aliphatic heterocycles. The molecule has 1 aromatic carbocycles. The first-order valence-corrected chi connectivity index (χ1v) is 4.33. The predicted octanol–water partition coefficient (Wildman–Crippen LogP) is 2.16. The lowest BCUT2D eigenvalue weighted by Crippen LogP contribution is -2.23. The van der Waals surface area contributed by atoms with Crippen LogP contribution in [0.3, 0.4) is 0 Å². The smallest absolute Gasteiger partial charge is 0.393 e. The van der Waals surface area contributed by atoms with Crippen LogP contribution in [0.5, 0.6) is 5.75 Å². The van der Waals surface area contributed by atoms with Crippen LogP contribution in [0, 0.1) is 0 Å². The SMILES string of the molecule is O=C(O)C(F)(F)Sc1cccc(O)c1. The van der Waals surface area contributed by atoms with Crippen molar-refractivity contribution in [2.75, 3.05) is 0 Å². The van der Waals surface area contributed by atoms with Gasteiger partial charge in [0, 0.05) is 4.90 Å². The van der Waals surface area contributed by atoms with Gasteiger partial charge in [0.2, 0.25) is 0 Å². The quantitative estimate of drug-likeness (QED) is 0.766. The lowest BCUT2D eigenvalue weighted by Gasteiger charge is -2.09. The Balaban J connectivity index is 2.83. The molecule has 3 nitrogen and oxygen atoms in total. The average Bonchev–Trinajstić information content (AvgIpc) is 2.02. The van der Waals surface area contributed by atoms with Crippen LogP contribution in [0.1, 0.15) is 0 Å². The van der Waals surface area contributed by atoms with Crippen molar-refractivity contribution >= 4 is 17.7 Å². The molecule has 0 saturated carbocycles. The van der Waals surface area contributed by atoms with Crippen LogP contribution >= 0.6 is 11.8 Å². The molecule has 0 heterocycles. The summed E-state index contributed by atoms with van der Waals surface area (Å²) in [4.78, 5) is 10.1. The highest BCUT2D eigenvalue weighted by Gasteiger charge is 2.40. The van der Waals surface area contributed by atoms with E-state index in [1.54, 1.807) is 0 Å². The Morgan fingerprint density at radius 1 is 1.43 bits per heavy atom. The highest BCUT2D eigenvalue weighted by molar-refractivity contribution is 8.01. The summed E-state index contributed by atoms with van der Waals surface area (Å²) in [5.74, 6) is -2.39. The highest BCUT2D eigenvalue weighted by atomic mass is 32.2. The van der Waals surface area contributed by atoms with Crippen molar-refractivity contribution in [3.8, 4) is 5.75 Å². The van der Waals surface area contributed by atoms with Gasteiger partial charge in [-0.3, -0.25) is 0 Å². The van der Waals surface area contributed by atoms with Gasteiger partial charge in [-0.2, -0.15) is 8.78 Å². The molecule has 1 aromatic rings. The maximum Gasteiger partial charge on any atom is 0.393 e. The van der Waals surface area contributed by atoms with Gasteiger partial charge in [-0.25, -0.2) is 4.79 Å². The topological polar surface area (TPSA) is 57.5 Å². The predicted molar refractivity (Wildman–Crippen MR) is 46.5 cm³/mol. The van der Waals surface area contributed by atoms with Gasteiger partial charge in [-0.15, -0.1) is 0 Å². The molecule has 2 N–H and O–H groups in total. The van der Waals surface area contributed by atoms with E-state index >= 15 is 0 Å². The molecule has 0 unspecified atom stereocenters. The minimum Gasteiger partial charge on any atom is -0.508 e. The molecule has 0 bridgehead atoms. The number of rotatable bonds is 3. The molecule has 0 spiro atoms. The van der Waals surface area contributed by atoms with E-state index in [-0.39, 0.29) is 22.4 Å². The number of hydrogen-bond acceptors (Lipinski definition) is 3. The van der Waals surface area contributed by atoms with E-state index in [0.29, 0.717) is 0 Å². The van der Waals surface area contributed by atoms with E-state index < -0.39 is 11.2 Å². The highest BCUT2D eigenvalue weighted by Crippen LogP contribution is 2.36. The van der Waals surface area contributed by atoms with Crippen LogP contribution in [-0.4, -0.2) is 21.4 Å². The van der Waals surface area contributed by atoms with Gasteiger partial charge in [0.1, 0.15) is 5.75 Å². The molecule has 76 valence electrons. The second-order valence-corrected chi connectivity index (χ2v) is 3.61. The molecule has 1 rings (SSSR count). The second kappa shape index (κ2) is 3.83. The average molecular weight is 220 g/mol. The Morgan fingerprint density at radius 2 is 2.07 bits per heavy atom. The minimum atomic E-state index is -3.88. The molecule has 14 heavy (non-hydrogen) atoms. The summed E-state index contributed by atoms with van der Waals surface area (Å²) in [7, 11) is 0. The van der Waals surface area contributed by atoms with Crippen molar-refractivity contribution in [2.24, 2.45) is 0 Å². The molecule has 0 saturated heterocycles. The first-order chi connectivity index (χ1) is 6.42. The molecule has 0 aromatic heterocycles. The zero-order chi connectivity index (χ0) is 10.8. The third kappa shape index (κ3) is 2.59. The number of alkyl halides is 2. The minimum absolute atomic E-state index is 0.00241. The summed E-state index contributed by atoms with van der Waals surface area (Å²) in [5.41, 5.74) is 0. The summed E-state index contributed by atoms with van der Waals surface area (Å²) < 4.78 is 25.3. The number of benzene rings is 1. The maximum atomic E-state index is 12.6. The van der Waals surface area contributed by atoms with Gasteiger partial charge < -0.3 is 10.2 Å². The Bertz CT molecular complexity index is 354. The fourth-order valence-corrected chi connectivity index (χ4v) is 1.45. The Labute approximate surface area is 82.4 Å². The van der Waals surface area contributed by atoms with Gasteiger partial charge in [0.05, 0.1) is 0 Å². The van der Waals surface area contributed by atoms with Crippen LogP contribution in [-0.2, 0) is 4.79 Å². The summed E-state index contributed by atoms with van der Waals surface area (Å²) in [6, 6.07) is 5.03. The van der Waals surface area contributed by atoms with Crippen LogP contribution in [0.15, 0.2) is 29.2 Å². The number of carboxylic acids is 1. The molecule has 0 radical (unpaired) electrons. The van der Waals surface area contributed by atoms with E-state index in [9.17, 15) is 13.6 Å². The van der Waals surface area contributed by atoms with Gasteiger partial charge in [-0.05, 0) is 30.0 Å². The number of thioether (sulfide) groups is 1. The van der Waals surface area contributed by atoms with Gasteiger partial charge in [-0.1, -0.05) is 6.07 Å². The monoisotopic (exact) mass is 220 g/mol. The molecule has 0 amide bonds. The number of carboxylic acid groups (broad SMARTS) is 1. The first kappa shape index (κ1) is 10.8. The van der Waals surface area contributed by atoms with Crippen molar-refractivity contribution in [1.82, 2.24) is 0 Å². The maximum absolute atomic E-state index is 12.6. The van der Waals surface area contributed by atoms with E-state index in [2.05, 4.69) is 0 Å². The zero-order valence-electron chi connectivity index (χ0n) is 6.78. The van der Waals surface area contributed by atoms with Gasteiger partial charge >= 0.3 is 11.2 Å². The van der Waals surface area contributed by atoms with Crippen molar-refractivity contribution < 1.29 is 23.8 Å². The molecule has 0 aliphatic rings. The molecule has 0 atom stereocenters. The Hall–Kier alpha value is -1.30. The zero-order valence-corrected chi connectivity index (χ0v) is 7.59. The van der Waals surface area contributed by atoms with Crippen LogP contribution in [0.2, 0.25) is 0 Å². The van der Waals surface area contributed by atoms with Crippen LogP contribution in [0.25, 0.3) is 0 Å². The fraction of sp³-hybridized carbons (Fsp3) is 0.125. The summed E-state index contributed by atoms with van der Waals surface area (Å²) in [6.45, 7) is 0. The number of carbonyl (C=O) groups is 1. The van der Waals surface area contributed by atoms with E-state index in [1.165, 1.54) is 18.2 Å². The molecule has 0 fully saturated rings. The number of aliphatic carboxylic acids is 1. The Kier molecular flexibility index (Phi) is 2.95. The van der Waals surface area contributed by atoms with Gasteiger partial charge in [0.25, 0.3) is 0 Å². The lowest BCUT2D eigenvalue weighted by atomic mass is 10.3. The number of halogens is 2. The summed E-state index contributed by atoms with van der Waals surface area (Å²) in [6.07, 6.45) is 0. The van der Waals surface area contributed by atoms with Gasteiger partial charge in [0.15, 0.2) is 0 Å². The van der Waals surface area contributed by atoms with E-state index in [1.807, 2.05) is 0 Å². The number of aromatic hydroxyl groups is 1. The first-order valence-electron chi connectivity index (χ1n) is 3.51. The van der Waals surface area contributed by atoms with E-state index in [0.717, 1.165) is 6.07 Å².